The molecule has 3 rings (SSSR count). The predicted molar refractivity (Wildman–Crippen MR) is 55.8 cm³/mol. The van der Waals surface area contributed by atoms with Crippen molar-refractivity contribution in [2.75, 3.05) is 6.61 Å². The molecule has 0 saturated heterocycles. The number of hydrogen-bond acceptors (Lipinski definition) is 3. The zero-order valence-corrected chi connectivity index (χ0v) is 8.50. The lowest BCUT2D eigenvalue weighted by Crippen LogP contribution is -1.86. The van der Waals surface area contributed by atoms with Crippen molar-refractivity contribution >= 4 is 28.9 Å². The fraction of sp³-hybridized carbons (Fsp3) is 0.182. The Labute approximate surface area is 90.6 Å². The standard InChI is InChI=1S/C11H7ClO3/c12-9-7-2-1-6-3-4-14-10(6)11(7)15-8(9)5-13/h1-2,5H,3-4H2. The van der Waals surface area contributed by atoms with Crippen LogP contribution in [0.15, 0.2) is 16.5 Å². The first-order valence-electron chi connectivity index (χ1n) is 4.63. The van der Waals surface area contributed by atoms with E-state index >= 15 is 0 Å². The number of benzene rings is 1. The summed E-state index contributed by atoms with van der Waals surface area (Å²) in [5.74, 6) is 0.887. The largest absolute Gasteiger partial charge is 0.489 e. The molecule has 1 aromatic carbocycles. The molecule has 0 spiro atoms. The lowest BCUT2D eigenvalue weighted by atomic mass is 10.1. The highest BCUT2D eigenvalue weighted by Crippen LogP contribution is 2.39. The quantitative estimate of drug-likeness (QED) is 0.697. The first-order chi connectivity index (χ1) is 7.31. The van der Waals surface area contributed by atoms with Gasteiger partial charge in [-0.3, -0.25) is 4.79 Å². The number of aldehydes is 1. The predicted octanol–water partition coefficient (Wildman–Crippen LogP) is 2.83. The van der Waals surface area contributed by atoms with Gasteiger partial charge in [0.15, 0.2) is 23.4 Å². The van der Waals surface area contributed by atoms with Gasteiger partial charge in [0.2, 0.25) is 0 Å². The molecular formula is C11H7ClO3. The van der Waals surface area contributed by atoms with Crippen LogP contribution in [0.3, 0.4) is 0 Å². The van der Waals surface area contributed by atoms with Crippen LogP contribution in [0.2, 0.25) is 5.02 Å². The van der Waals surface area contributed by atoms with E-state index in [1.807, 2.05) is 12.1 Å². The maximum Gasteiger partial charge on any atom is 0.186 e. The van der Waals surface area contributed by atoms with Crippen LogP contribution in [0.1, 0.15) is 16.1 Å². The summed E-state index contributed by atoms with van der Waals surface area (Å²) in [6, 6.07) is 3.82. The smallest absolute Gasteiger partial charge is 0.186 e. The molecule has 76 valence electrons. The van der Waals surface area contributed by atoms with Crippen LogP contribution in [0.5, 0.6) is 5.75 Å². The van der Waals surface area contributed by atoms with Crippen molar-refractivity contribution < 1.29 is 13.9 Å². The van der Waals surface area contributed by atoms with E-state index < -0.39 is 0 Å². The van der Waals surface area contributed by atoms with Crippen LogP contribution in [-0.4, -0.2) is 12.9 Å². The Bertz CT molecular complexity index is 556. The SMILES string of the molecule is O=Cc1oc2c3c(ccc2c1Cl)CCO3. The van der Waals surface area contributed by atoms with Gasteiger partial charge in [0.1, 0.15) is 0 Å². The Kier molecular flexibility index (Phi) is 1.76. The zero-order chi connectivity index (χ0) is 10.4. The van der Waals surface area contributed by atoms with Gasteiger partial charge in [-0.25, -0.2) is 0 Å². The molecule has 0 radical (unpaired) electrons. The Morgan fingerprint density at radius 2 is 2.27 bits per heavy atom. The van der Waals surface area contributed by atoms with Crippen molar-refractivity contribution in [3.8, 4) is 5.75 Å². The number of carbonyl (C=O) groups excluding carboxylic acids is 1. The van der Waals surface area contributed by atoms with Gasteiger partial charge in [0, 0.05) is 17.4 Å². The molecule has 0 atom stereocenters. The molecule has 1 aromatic heterocycles. The van der Waals surface area contributed by atoms with Crippen LogP contribution < -0.4 is 4.74 Å². The molecule has 4 heteroatoms. The number of hydrogen-bond donors (Lipinski definition) is 0. The Hall–Kier alpha value is -1.48. The van der Waals surface area contributed by atoms with Gasteiger partial charge >= 0.3 is 0 Å². The first-order valence-corrected chi connectivity index (χ1v) is 5.01. The van der Waals surface area contributed by atoms with Gasteiger partial charge in [-0.15, -0.1) is 0 Å². The minimum atomic E-state index is 0.163. The molecule has 0 aliphatic carbocycles. The van der Waals surface area contributed by atoms with Gasteiger partial charge in [-0.05, 0) is 6.07 Å². The second-order valence-corrected chi connectivity index (χ2v) is 3.81. The second kappa shape index (κ2) is 3.00. The van der Waals surface area contributed by atoms with Gasteiger partial charge in [0.25, 0.3) is 0 Å². The molecule has 1 aliphatic heterocycles. The van der Waals surface area contributed by atoms with Crippen LogP contribution >= 0.6 is 11.6 Å². The zero-order valence-electron chi connectivity index (χ0n) is 7.75. The van der Waals surface area contributed by atoms with E-state index in [1.54, 1.807) is 0 Å². The molecule has 0 fully saturated rings. The lowest BCUT2D eigenvalue weighted by molar-refractivity contribution is 0.110. The molecule has 0 unspecified atom stereocenters. The number of furan rings is 1. The average molecular weight is 223 g/mol. The monoisotopic (exact) mass is 222 g/mol. The highest BCUT2D eigenvalue weighted by Gasteiger charge is 2.21. The van der Waals surface area contributed by atoms with E-state index in [1.165, 1.54) is 0 Å². The van der Waals surface area contributed by atoms with Crippen LogP contribution in [0.4, 0.5) is 0 Å². The van der Waals surface area contributed by atoms with Crippen molar-refractivity contribution in [1.29, 1.82) is 0 Å². The van der Waals surface area contributed by atoms with Crippen molar-refractivity contribution in [2.24, 2.45) is 0 Å². The van der Waals surface area contributed by atoms with E-state index in [2.05, 4.69) is 0 Å². The van der Waals surface area contributed by atoms with E-state index in [0.29, 0.717) is 23.5 Å². The Morgan fingerprint density at radius 1 is 1.40 bits per heavy atom. The third-order valence-corrected chi connectivity index (χ3v) is 2.97. The number of carbonyl (C=O) groups is 1. The number of halogens is 1. The fourth-order valence-electron chi connectivity index (χ4n) is 1.86. The maximum absolute atomic E-state index is 10.7. The summed E-state index contributed by atoms with van der Waals surface area (Å²) in [6.45, 7) is 0.656. The maximum atomic E-state index is 10.7. The molecule has 2 heterocycles. The molecule has 2 aromatic rings. The normalized spacial score (nSPS) is 13.9. The summed E-state index contributed by atoms with van der Waals surface area (Å²) in [4.78, 5) is 10.7. The van der Waals surface area contributed by atoms with Gasteiger partial charge < -0.3 is 9.15 Å². The summed E-state index contributed by atoms with van der Waals surface area (Å²) in [6.07, 6.45) is 1.49. The van der Waals surface area contributed by atoms with Gasteiger partial charge in [-0.1, -0.05) is 17.7 Å². The van der Waals surface area contributed by atoms with Crippen molar-refractivity contribution in [3.05, 3.63) is 28.5 Å². The molecule has 0 saturated carbocycles. The minimum absolute atomic E-state index is 0.163. The summed E-state index contributed by atoms with van der Waals surface area (Å²) in [5, 5.41) is 1.10. The summed E-state index contributed by atoms with van der Waals surface area (Å²) < 4.78 is 10.8. The molecular weight excluding hydrogens is 216 g/mol. The summed E-state index contributed by atoms with van der Waals surface area (Å²) in [7, 11) is 0. The molecule has 0 amide bonds. The fourth-order valence-corrected chi connectivity index (χ4v) is 2.09. The minimum Gasteiger partial charge on any atom is -0.489 e. The number of rotatable bonds is 1. The molecule has 15 heavy (non-hydrogen) atoms. The molecule has 0 bridgehead atoms. The summed E-state index contributed by atoms with van der Waals surface area (Å²) >= 11 is 5.98. The Morgan fingerprint density at radius 3 is 3.07 bits per heavy atom. The van der Waals surface area contributed by atoms with Crippen molar-refractivity contribution in [1.82, 2.24) is 0 Å². The molecule has 1 aliphatic rings. The second-order valence-electron chi connectivity index (χ2n) is 3.43. The first kappa shape index (κ1) is 8.80. The van der Waals surface area contributed by atoms with Crippen molar-refractivity contribution in [2.45, 2.75) is 6.42 Å². The Balaban J connectivity index is 2.41. The van der Waals surface area contributed by atoms with Crippen molar-refractivity contribution in [3.63, 3.8) is 0 Å². The lowest BCUT2D eigenvalue weighted by Gasteiger charge is -1.98. The third kappa shape index (κ3) is 1.10. The molecule has 3 nitrogen and oxygen atoms in total. The van der Waals surface area contributed by atoms with Gasteiger partial charge in [-0.2, -0.15) is 0 Å². The highest BCUT2D eigenvalue weighted by molar-refractivity contribution is 6.37. The third-order valence-electron chi connectivity index (χ3n) is 2.58. The van der Waals surface area contributed by atoms with E-state index in [4.69, 9.17) is 20.8 Å². The summed E-state index contributed by atoms with van der Waals surface area (Å²) in [5.41, 5.74) is 1.68. The van der Waals surface area contributed by atoms with Gasteiger partial charge in [0.05, 0.1) is 11.6 Å². The van der Waals surface area contributed by atoms with Crippen LogP contribution in [0, 0.1) is 0 Å². The highest BCUT2D eigenvalue weighted by atomic mass is 35.5. The van der Waals surface area contributed by atoms with Crippen LogP contribution in [0.25, 0.3) is 11.0 Å². The van der Waals surface area contributed by atoms with Crippen LogP contribution in [-0.2, 0) is 6.42 Å². The van der Waals surface area contributed by atoms with E-state index in [-0.39, 0.29) is 5.76 Å². The number of ether oxygens (including phenoxy) is 1. The van der Waals surface area contributed by atoms with E-state index in [9.17, 15) is 4.79 Å². The van der Waals surface area contributed by atoms with E-state index in [0.717, 1.165) is 23.1 Å². The average Bonchev–Trinajstić information content (AvgIpc) is 2.82. The topological polar surface area (TPSA) is 39.4 Å². The number of fused-ring (bicyclic) bond motifs is 3. The molecule has 0 N–H and O–H groups in total.